The summed E-state index contributed by atoms with van der Waals surface area (Å²) in [5.41, 5.74) is 0.705. The topological polar surface area (TPSA) is 115 Å². The lowest BCUT2D eigenvalue weighted by atomic mass is 9.97. The van der Waals surface area contributed by atoms with Gasteiger partial charge in [0.15, 0.2) is 0 Å². The number of nitrogens with zero attached hydrogens (tertiary/aromatic N) is 3. The minimum absolute atomic E-state index is 0.0134. The Morgan fingerprint density at radius 1 is 1.20 bits per heavy atom. The van der Waals surface area contributed by atoms with Gasteiger partial charge in [-0.1, -0.05) is 11.2 Å². The van der Waals surface area contributed by atoms with Gasteiger partial charge in [0.2, 0.25) is 11.8 Å². The van der Waals surface area contributed by atoms with Gasteiger partial charge >= 0.3 is 6.01 Å². The van der Waals surface area contributed by atoms with Crippen molar-refractivity contribution < 1.29 is 22.4 Å². The van der Waals surface area contributed by atoms with E-state index in [9.17, 15) is 13.2 Å². The van der Waals surface area contributed by atoms with Crippen molar-refractivity contribution >= 4 is 33.3 Å². The maximum absolute atomic E-state index is 12.6. The number of aromatic nitrogens is 2. The molecular formula is C19H20N4O5S2. The standard InChI is InChI=1S/C19H20N4O5S2/c1-27-15-6-4-14(5-7-15)18-21-22-19(28-18)20-17(24)13-8-10-23(11-9-13)30(25,26)16-3-2-12-29-16/h2-7,12-13H,8-11H2,1H3,(H,20,22,24). The molecule has 3 aromatic rings. The smallest absolute Gasteiger partial charge is 0.322 e. The van der Waals surface area contributed by atoms with Crippen LogP contribution in [-0.4, -0.2) is 49.0 Å². The highest BCUT2D eigenvalue weighted by atomic mass is 32.2. The van der Waals surface area contributed by atoms with Crippen LogP contribution in [0.5, 0.6) is 5.75 Å². The fourth-order valence-electron chi connectivity index (χ4n) is 3.23. The molecule has 0 saturated carbocycles. The van der Waals surface area contributed by atoms with E-state index in [1.165, 1.54) is 15.6 Å². The molecule has 0 atom stereocenters. The first-order chi connectivity index (χ1) is 14.5. The van der Waals surface area contributed by atoms with Gasteiger partial charge in [-0.2, -0.15) is 4.31 Å². The Labute approximate surface area is 177 Å². The molecule has 1 saturated heterocycles. The van der Waals surface area contributed by atoms with Crippen LogP contribution in [0.25, 0.3) is 11.5 Å². The third-order valence-corrected chi connectivity index (χ3v) is 8.18. The van der Waals surface area contributed by atoms with E-state index in [0.717, 1.165) is 0 Å². The Balaban J connectivity index is 1.35. The largest absolute Gasteiger partial charge is 0.497 e. The molecule has 0 unspecified atom stereocenters. The summed E-state index contributed by atoms with van der Waals surface area (Å²) in [6.45, 7) is 0.582. The molecule has 0 spiro atoms. The molecular weight excluding hydrogens is 428 g/mol. The summed E-state index contributed by atoms with van der Waals surface area (Å²) in [7, 11) is -1.91. The summed E-state index contributed by atoms with van der Waals surface area (Å²) >= 11 is 1.19. The number of hydrogen-bond donors (Lipinski definition) is 1. The van der Waals surface area contributed by atoms with Gasteiger partial charge in [0.25, 0.3) is 10.0 Å². The molecule has 11 heteroatoms. The number of piperidine rings is 1. The number of methoxy groups -OCH3 is 1. The van der Waals surface area contributed by atoms with Crippen molar-refractivity contribution in [1.29, 1.82) is 0 Å². The van der Waals surface area contributed by atoms with E-state index in [1.54, 1.807) is 48.9 Å². The Bertz CT molecular complexity index is 1100. The number of carbonyl (C=O) groups excluding carboxylic acids is 1. The average Bonchev–Trinajstić information content (AvgIpc) is 3.47. The molecule has 158 valence electrons. The number of benzene rings is 1. The Morgan fingerprint density at radius 3 is 2.57 bits per heavy atom. The van der Waals surface area contributed by atoms with Gasteiger partial charge in [0.05, 0.1) is 7.11 Å². The van der Waals surface area contributed by atoms with Crippen molar-refractivity contribution in [1.82, 2.24) is 14.5 Å². The first-order valence-electron chi connectivity index (χ1n) is 9.30. The second-order valence-corrected chi connectivity index (χ2v) is 9.85. The minimum atomic E-state index is -3.49. The van der Waals surface area contributed by atoms with E-state index in [4.69, 9.17) is 9.15 Å². The summed E-state index contributed by atoms with van der Waals surface area (Å²) in [6, 6.07) is 10.4. The van der Waals surface area contributed by atoms with E-state index >= 15 is 0 Å². The summed E-state index contributed by atoms with van der Waals surface area (Å²) in [5.74, 6) is 0.410. The SMILES string of the molecule is COc1ccc(-c2nnc(NC(=O)C3CCN(S(=O)(=O)c4cccs4)CC3)o2)cc1. The van der Waals surface area contributed by atoms with Gasteiger partial charge in [-0.25, -0.2) is 8.42 Å². The number of ether oxygens (including phenoxy) is 1. The van der Waals surface area contributed by atoms with Crippen LogP contribution in [0, 0.1) is 5.92 Å². The van der Waals surface area contributed by atoms with Crippen LogP contribution >= 0.6 is 11.3 Å². The number of amides is 1. The van der Waals surface area contributed by atoms with Crippen molar-refractivity contribution in [2.75, 3.05) is 25.5 Å². The molecule has 1 aliphatic rings. The van der Waals surface area contributed by atoms with Crippen LogP contribution < -0.4 is 10.1 Å². The maximum Gasteiger partial charge on any atom is 0.322 e. The summed E-state index contributed by atoms with van der Waals surface area (Å²) in [5, 5.41) is 12.2. The molecule has 9 nitrogen and oxygen atoms in total. The predicted octanol–water partition coefficient (Wildman–Crippen LogP) is 2.85. The van der Waals surface area contributed by atoms with Gasteiger partial charge in [-0.3, -0.25) is 10.1 Å². The minimum Gasteiger partial charge on any atom is -0.497 e. The van der Waals surface area contributed by atoms with Crippen LogP contribution in [0.15, 0.2) is 50.4 Å². The summed E-state index contributed by atoms with van der Waals surface area (Å²) < 4.78 is 37.6. The normalized spacial score (nSPS) is 15.8. The van der Waals surface area contributed by atoms with Gasteiger partial charge in [0, 0.05) is 24.6 Å². The molecule has 1 N–H and O–H groups in total. The van der Waals surface area contributed by atoms with Crippen LogP contribution in [-0.2, 0) is 14.8 Å². The van der Waals surface area contributed by atoms with Crippen molar-refractivity contribution in [3.8, 4) is 17.2 Å². The van der Waals surface area contributed by atoms with E-state index in [-0.39, 0.29) is 23.7 Å². The zero-order valence-corrected chi connectivity index (χ0v) is 17.8. The first-order valence-corrected chi connectivity index (χ1v) is 11.6. The van der Waals surface area contributed by atoms with Crippen molar-refractivity contribution in [2.24, 2.45) is 5.92 Å². The average molecular weight is 449 g/mol. The highest BCUT2D eigenvalue weighted by molar-refractivity contribution is 7.91. The van der Waals surface area contributed by atoms with Gasteiger partial charge in [-0.05, 0) is 48.6 Å². The molecule has 30 heavy (non-hydrogen) atoms. The fourth-order valence-corrected chi connectivity index (χ4v) is 5.84. The second-order valence-electron chi connectivity index (χ2n) is 6.74. The van der Waals surface area contributed by atoms with E-state index in [2.05, 4.69) is 15.5 Å². The van der Waals surface area contributed by atoms with Crippen molar-refractivity contribution in [2.45, 2.75) is 17.1 Å². The number of carbonyl (C=O) groups is 1. The Morgan fingerprint density at radius 2 is 1.93 bits per heavy atom. The Hall–Kier alpha value is -2.76. The highest BCUT2D eigenvalue weighted by Crippen LogP contribution is 2.27. The lowest BCUT2D eigenvalue weighted by Crippen LogP contribution is -2.41. The number of rotatable bonds is 6. The molecule has 1 amide bonds. The van der Waals surface area contributed by atoms with Crippen LogP contribution in [0.2, 0.25) is 0 Å². The number of nitrogens with one attached hydrogen (secondary N) is 1. The molecule has 0 aliphatic carbocycles. The zero-order valence-electron chi connectivity index (χ0n) is 16.1. The number of thiophene rings is 1. The third-order valence-electron chi connectivity index (χ3n) is 4.91. The maximum atomic E-state index is 12.6. The highest BCUT2D eigenvalue weighted by Gasteiger charge is 2.33. The number of sulfonamides is 1. The second kappa shape index (κ2) is 8.54. The monoisotopic (exact) mass is 448 g/mol. The van der Waals surface area contributed by atoms with Crippen molar-refractivity contribution in [3.63, 3.8) is 0 Å². The predicted molar refractivity (Wildman–Crippen MR) is 111 cm³/mol. The summed E-state index contributed by atoms with van der Waals surface area (Å²) in [6.07, 6.45) is 0.853. The molecule has 1 aromatic carbocycles. The third kappa shape index (κ3) is 4.23. The van der Waals surface area contributed by atoms with Crippen LogP contribution in [0.4, 0.5) is 6.01 Å². The lowest BCUT2D eigenvalue weighted by molar-refractivity contribution is -0.121. The number of hydrogen-bond acceptors (Lipinski definition) is 8. The van der Waals surface area contributed by atoms with E-state index < -0.39 is 10.0 Å². The first kappa shape index (κ1) is 20.5. The molecule has 0 radical (unpaired) electrons. The summed E-state index contributed by atoms with van der Waals surface area (Å²) in [4.78, 5) is 12.6. The molecule has 0 bridgehead atoms. The molecule has 1 fully saturated rings. The number of anilines is 1. The van der Waals surface area contributed by atoms with Crippen LogP contribution in [0.1, 0.15) is 12.8 Å². The van der Waals surface area contributed by atoms with Gasteiger partial charge in [-0.15, -0.1) is 16.4 Å². The van der Waals surface area contributed by atoms with E-state index in [1.807, 2.05) is 0 Å². The van der Waals surface area contributed by atoms with Crippen molar-refractivity contribution in [3.05, 3.63) is 41.8 Å². The molecule has 2 aromatic heterocycles. The van der Waals surface area contributed by atoms with E-state index in [0.29, 0.717) is 41.5 Å². The lowest BCUT2D eigenvalue weighted by Gasteiger charge is -2.29. The Kier molecular flexibility index (Phi) is 5.84. The fraction of sp³-hybridized carbons (Fsp3) is 0.316. The molecule has 4 rings (SSSR count). The molecule has 1 aliphatic heterocycles. The van der Waals surface area contributed by atoms with Gasteiger partial charge in [0.1, 0.15) is 9.96 Å². The molecule has 3 heterocycles. The van der Waals surface area contributed by atoms with Gasteiger partial charge < -0.3 is 9.15 Å². The zero-order chi connectivity index (χ0) is 21.1. The quantitative estimate of drug-likeness (QED) is 0.617. The van der Waals surface area contributed by atoms with Crippen LogP contribution in [0.3, 0.4) is 0 Å².